The lowest BCUT2D eigenvalue weighted by molar-refractivity contribution is -0.144. The van der Waals surface area contributed by atoms with Crippen LogP contribution in [0.5, 0.6) is 0 Å². The van der Waals surface area contributed by atoms with Crippen molar-refractivity contribution >= 4 is 11.6 Å². The fraction of sp³-hybridized carbons (Fsp3) is 0.278. The standard InChI is InChI=1S/C18H19N3O2/c1-4-23-18(22)13(3)14-5-7-15(8-6-14)16-9-17-19-10-12(2)21(17)20-11-16/h5-11,13H,4H2,1-3H3. The molecule has 0 fully saturated rings. The lowest BCUT2D eigenvalue weighted by Crippen LogP contribution is -2.12. The van der Waals surface area contributed by atoms with Crippen LogP contribution in [0.2, 0.25) is 0 Å². The number of carbonyl (C=O) groups is 1. The fourth-order valence-corrected chi connectivity index (χ4v) is 2.52. The van der Waals surface area contributed by atoms with Crippen LogP contribution in [0.15, 0.2) is 42.7 Å². The van der Waals surface area contributed by atoms with Gasteiger partial charge in [0.05, 0.1) is 30.6 Å². The number of nitrogens with zero attached hydrogens (tertiary/aromatic N) is 3. The molecule has 0 aliphatic rings. The average molecular weight is 309 g/mol. The highest BCUT2D eigenvalue weighted by Gasteiger charge is 2.16. The van der Waals surface area contributed by atoms with Gasteiger partial charge in [0.15, 0.2) is 5.65 Å². The second-order valence-corrected chi connectivity index (χ2v) is 5.51. The van der Waals surface area contributed by atoms with Crippen molar-refractivity contribution in [2.24, 2.45) is 0 Å². The summed E-state index contributed by atoms with van der Waals surface area (Å²) in [4.78, 5) is 16.1. The highest BCUT2D eigenvalue weighted by molar-refractivity contribution is 5.78. The summed E-state index contributed by atoms with van der Waals surface area (Å²) in [7, 11) is 0. The van der Waals surface area contributed by atoms with Crippen LogP contribution in [0.25, 0.3) is 16.8 Å². The molecule has 0 N–H and O–H groups in total. The lowest BCUT2D eigenvalue weighted by Gasteiger charge is -2.11. The maximum Gasteiger partial charge on any atom is 0.313 e. The van der Waals surface area contributed by atoms with Crippen molar-refractivity contribution in [1.82, 2.24) is 14.6 Å². The Morgan fingerprint density at radius 3 is 2.65 bits per heavy atom. The second kappa shape index (κ2) is 6.20. The van der Waals surface area contributed by atoms with Gasteiger partial charge in [-0.15, -0.1) is 0 Å². The topological polar surface area (TPSA) is 56.5 Å². The van der Waals surface area contributed by atoms with E-state index in [1.54, 1.807) is 10.7 Å². The summed E-state index contributed by atoms with van der Waals surface area (Å²) in [5.74, 6) is -0.462. The smallest absolute Gasteiger partial charge is 0.313 e. The maximum atomic E-state index is 11.8. The first-order chi connectivity index (χ1) is 11.1. The zero-order chi connectivity index (χ0) is 16.4. The molecule has 0 saturated heterocycles. The van der Waals surface area contributed by atoms with E-state index in [2.05, 4.69) is 10.1 Å². The zero-order valence-corrected chi connectivity index (χ0v) is 13.5. The van der Waals surface area contributed by atoms with Gasteiger partial charge < -0.3 is 4.74 Å². The van der Waals surface area contributed by atoms with E-state index in [9.17, 15) is 4.79 Å². The van der Waals surface area contributed by atoms with Crippen LogP contribution in [0, 0.1) is 6.92 Å². The minimum absolute atomic E-state index is 0.198. The molecule has 23 heavy (non-hydrogen) atoms. The molecule has 1 unspecified atom stereocenters. The summed E-state index contributed by atoms with van der Waals surface area (Å²) >= 11 is 0. The first kappa shape index (κ1) is 15.2. The minimum atomic E-state index is -0.264. The molecule has 0 aliphatic heterocycles. The Balaban J connectivity index is 1.87. The van der Waals surface area contributed by atoms with Gasteiger partial charge in [-0.05, 0) is 38.0 Å². The number of esters is 1. The minimum Gasteiger partial charge on any atom is -0.466 e. The summed E-state index contributed by atoms with van der Waals surface area (Å²) in [6, 6.07) is 9.91. The number of aryl methyl sites for hydroxylation is 1. The number of fused-ring (bicyclic) bond motifs is 1. The first-order valence-electron chi connectivity index (χ1n) is 7.67. The van der Waals surface area contributed by atoms with Crippen LogP contribution in [0.3, 0.4) is 0 Å². The fourth-order valence-electron chi connectivity index (χ4n) is 2.52. The van der Waals surface area contributed by atoms with Crippen molar-refractivity contribution in [2.75, 3.05) is 6.61 Å². The number of ether oxygens (including phenoxy) is 1. The number of rotatable bonds is 4. The Hall–Kier alpha value is -2.69. The number of imidazole rings is 1. The van der Waals surface area contributed by atoms with E-state index < -0.39 is 0 Å². The Bertz CT molecular complexity index is 837. The van der Waals surface area contributed by atoms with Crippen molar-refractivity contribution in [2.45, 2.75) is 26.7 Å². The van der Waals surface area contributed by atoms with Gasteiger partial charge in [0, 0.05) is 5.56 Å². The maximum absolute atomic E-state index is 11.8. The van der Waals surface area contributed by atoms with Crippen LogP contribution in [-0.2, 0) is 9.53 Å². The molecule has 0 saturated carbocycles. The number of hydrogen-bond donors (Lipinski definition) is 0. The summed E-state index contributed by atoms with van der Waals surface area (Å²) in [6.45, 7) is 6.04. The van der Waals surface area contributed by atoms with Crippen molar-refractivity contribution < 1.29 is 9.53 Å². The second-order valence-electron chi connectivity index (χ2n) is 5.51. The highest BCUT2D eigenvalue weighted by atomic mass is 16.5. The molecule has 0 radical (unpaired) electrons. The molecule has 118 valence electrons. The van der Waals surface area contributed by atoms with Crippen LogP contribution >= 0.6 is 0 Å². The van der Waals surface area contributed by atoms with Crippen molar-refractivity contribution in [1.29, 1.82) is 0 Å². The van der Waals surface area contributed by atoms with Gasteiger partial charge in [0.25, 0.3) is 0 Å². The molecule has 3 aromatic rings. The number of benzene rings is 1. The summed E-state index contributed by atoms with van der Waals surface area (Å²) < 4.78 is 6.87. The van der Waals surface area contributed by atoms with E-state index in [1.165, 1.54) is 0 Å². The SMILES string of the molecule is CCOC(=O)C(C)c1ccc(-c2cnn3c(C)cnc3c2)cc1. The third-order valence-corrected chi connectivity index (χ3v) is 3.92. The van der Waals surface area contributed by atoms with Crippen molar-refractivity contribution in [3.8, 4) is 11.1 Å². The van der Waals surface area contributed by atoms with Gasteiger partial charge in [-0.1, -0.05) is 24.3 Å². The molecule has 0 spiro atoms. The Kier molecular flexibility index (Phi) is 4.10. The van der Waals surface area contributed by atoms with E-state index in [-0.39, 0.29) is 11.9 Å². The van der Waals surface area contributed by atoms with E-state index >= 15 is 0 Å². The molecule has 0 bridgehead atoms. The quantitative estimate of drug-likeness (QED) is 0.693. The van der Waals surface area contributed by atoms with Crippen LogP contribution in [0.4, 0.5) is 0 Å². The Labute approximate surface area is 134 Å². The molecule has 0 aliphatic carbocycles. The number of aromatic nitrogens is 3. The number of carbonyl (C=O) groups excluding carboxylic acids is 1. The third-order valence-electron chi connectivity index (χ3n) is 3.92. The van der Waals surface area contributed by atoms with Gasteiger partial charge >= 0.3 is 5.97 Å². The molecule has 2 aromatic heterocycles. The predicted molar refractivity (Wildman–Crippen MR) is 88.2 cm³/mol. The summed E-state index contributed by atoms with van der Waals surface area (Å²) in [5, 5.41) is 4.41. The molecule has 0 amide bonds. The van der Waals surface area contributed by atoms with Crippen LogP contribution in [0.1, 0.15) is 31.0 Å². The molecule has 1 aromatic carbocycles. The molecular weight excluding hydrogens is 290 g/mol. The molecule has 2 heterocycles. The van der Waals surface area contributed by atoms with Gasteiger partial charge in [-0.25, -0.2) is 9.50 Å². The highest BCUT2D eigenvalue weighted by Crippen LogP contribution is 2.24. The zero-order valence-electron chi connectivity index (χ0n) is 13.5. The van der Waals surface area contributed by atoms with E-state index in [4.69, 9.17) is 4.74 Å². The normalized spacial score (nSPS) is 12.3. The van der Waals surface area contributed by atoms with Crippen LogP contribution in [-0.4, -0.2) is 27.2 Å². The predicted octanol–water partition coefficient (Wildman–Crippen LogP) is 3.37. The first-order valence-corrected chi connectivity index (χ1v) is 7.67. The average Bonchev–Trinajstić information content (AvgIpc) is 2.95. The largest absolute Gasteiger partial charge is 0.466 e. The van der Waals surface area contributed by atoms with Gasteiger partial charge in [-0.3, -0.25) is 4.79 Å². The molecule has 5 heteroatoms. The molecular formula is C18H19N3O2. The molecule has 1 atom stereocenters. The molecule has 5 nitrogen and oxygen atoms in total. The lowest BCUT2D eigenvalue weighted by atomic mass is 9.98. The van der Waals surface area contributed by atoms with Gasteiger partial charge in [0.2, 0.25) is 0 Å². The van der Waals surface area contributed by atoms with Crippen molar-refractivity contribution in [3.63, 3.8) is 0 Å². The Morgan fingerprint density at radius 1 is 1.22 bits per heavy atom. The summed E-state index contributed by atoms with van der Waals surface area (Å²) in [5.41, 5.74) is 4.81. The summed E-state index contributed by atoms with van der Waals surface area (Å²) in [6.07, 6.45) is 3.63. The van der Waals surface area contributed by atoms with Crippen LogP contribution < -0.4 is 0 Å². The van der Waals surface area contributed by atoms with Gasteiger partial charge in [-0.2, -0.15) is 5.10 Å². The number of hydrogen-bond acceptors (Lipinski definition) is 4. The van der Waals surface area contributed by atoms with E-state index in [0.717, 1.165) is 28.0 Å². The Morgan fingerprint density at radius 2 is 1.96 bits per heavy atom. The monoisotopic (exact) mass is 309 g/mol. The van der Waals surface area contributed by atoms with Crippen molar-refractivity contribution in [3.05, 3.63) is 54.0 Å². The van der Waals surface area contributed by atoms with E-state index in [1.807, 2.05) is 57.3 Å². The van der Waals surface area contributed by atoms with Gasteiger partial charge in [0.1, 0.15) is 0 Å². The molecule has 3 rings (SSSR count). The third kappa shape index (κ3) is 2.95. The van der Waals surface area contributed by atoms with E-state index in [0.29, 0.717) is 6.61 Å².